The average molecular weight is 264 g/mol. The summed E-state index contributed by atoms with van der Waals surface area (Å²) in [7, 11) is 0. The molecule has 5 heteroatoms. The van der Waals surface area contributed by atoms with Crippen LogP contribution in [0.1, 0.15) is 46.5 Å². The van der Waals surface area contributed by atoms with Crippen LogP contribution in [0.15, 0.2) is 12.4 Å². The molecule has 1 aromatic heterocycles. The Balaban J connectivity index is 2.00. The largest absolute Gasteiger partial charge is 0.327 e. The van der Waals surface area contributed by atoms with Gasteiger partial charge in [0.25, 0.3) is 0 Å². The molecule has 0 aromatic carbocycles. The summed E-state index contributed by atoms with van der Waals surface area (Å²) >= 11 is 0. The van der Waals surface area contributed by atoms with E-state index in [0.717, 1.165) is 31.4 Å². The maximum atomic E-state index is 12.2. The van der Waals surface area contributed by atoms with Gasteiger partial charge in [-0.2, -0.15) is 5.10 Å². The van der Waals surface area contributed by atoms with E-state index in [1.165, 1.54) is 0 Å². The zero-order valence-corrected chi connectivity index (χ0v) is 12.0. The normalized spacial score (nSPS) is 24.2. The Labute approximate surface area is 114 Å². The van der Waals surface area contributed by atoms with Gasteiger partial charge in [-0.3, -0.25) is 9.48 Å². The lowest BCUT2D eigenvalue weighted by atomic mass is 9.84. The highest BCUT2D eigenvalue weighted by atomic mass is 16.1. The summed E-state index contributed by atoms with van der Waals surface area (Å²) in [4.78, 5) is 12.2. The molecule has 5 nitrogen and oxygen atoms in total. The Morgan fingerprint density at radius 2 is 2.11 bits per heavy atom. The Hall–Kier alpha value is -1.36. The number of nitrogens with two attached hydrogens (primary N) is 1. The lowest BCUT2D eigenvalue weighted by molar-refractivity contribution is -0.121. The highest BCUT2D eigenvalue weighted by molar-refractivity contribution is 5.92. The standard InChI is InChI=1S/C14H24N4O/c1-14(2,3)18-9-10(8-16-18)17-13(19)11-6-4-5-7-12(11)15/h8-9,11-12H,4-7,15H2,1-3H3,(H,17,19)/t11-,12+/m0/s1. The molecule has 1 fully saturated rings. The molecule has 0 aliphatic heterocycles. The molecule has 2 rings (SSSR count). The number of amides is 1. The fourth-order valence-corrected chi connectivity index (χ4v) is 2.47. The molecule has 0 bridgehead atoms. The average Bonchev–Trinajstić information content (AvgIpc) is 2.77. The molecular weight excluding hydrogens is 240 g/mol. The molecule has 1 heterocycles. The van der Waals surface area contributed by atoms with Crippen LogP contribution < -0.4 is 11.1 Å². The summed E-state index contributed by atoms with van der Waals surface area (Å²) in [6, 6.07) is -0.00795. The molecule has 1 saturated carbocycles. The molecule has 3 N–H and O–H groups in total. The van der Waals surface area contributed by atoms with E-state index in [1.54, 1.807) is 6.20 Å². The van der Waals surface area contributed by atoms with E-state index >= 15 is 0 Å². The molecule has 106 valence electrons. The third kappa shape index (κ3) is 3.35. The van der Waals surface area contributed by atoms with Gasteiger partial charge in [-0.05, 0) is 33.6 Å². The lowest BCUT2D eigenvalue weighted by Gasteiger charge is -2.27. The number of aromatic nitrogens is 2. The number of carbonyl (C=O) groups is 1. The quantitative estimate of drug-likeness (QED) is 0.859. The molecule has 1 aliphatic carbocycles. The van der Waals surface area contributed by atoms with E-state index in [9.17, 15) is 4.79 Å². The summed E-state index contributed by atoms with van der Waals surface area (Å²) in [5.74, 6) is -0.0348. The van der Waals surface area contributed by atoms with Gasteiger partial charge in [0.2, 0.25) is 5.91 Å². The highest BCUT2D eigenvalue weighted by Crippen LogP contribution is 2.24. The summed E-state index contributed by atoms with van der Waals surface area (Å²) in [6.07, 6.45) is 7.61. The van der Waals surface area contributed by atoms with Crippen LogP contribution >= 0.6 is 0 Å². The smallest absolute Gasteiger partial charge is 0.229 e. The van der Waals surface area contributed by atoms with Crippen molar-refractivity contribution < 1.29 is 4.79 Å². The van der Waals surface area contributed by atoms with Crippen molar-refractivity contribution in [3.05, 3.63) is 12.4 Å². The summed E-state index contributed by atoms with van der Waals surface area (Å²) in [5, 5.41) is 7.21. The molecule has 0 saturated heterocycles. The molecule has 0 radical (unpaired) electrons. The van der Waals surface area contributed by atoms with Gasteiger partial charge in [-0.1, -0.05) is 12.8 Å². The van der Waals surface area contributed by atoms with Gasteiger partial charge in [-0.15, -0.1) is 0 Å². The minimum absolute atomic E-state index is 0.00795. The number of carbonyl (C=O) groups excluding carboxylic acids is 1. The minimum Gasteiger partial charge on any atom is -0.327 e. The zero-order valence-electron chi connectivity index (χ0n) is 12.0. The predicted octanol–water partition coefficient (Wildman–Crippen LogP) is 2.09. The zero-order chi connectivity index (χ0) is 14.0. The van der Waals surface area contributed by atoms with E-state index in [0.29, 0.717) is 0 Å². The summed E-state index contributed by atoms with van der Waals surface area (Å²) in [6.45, 7) is 6.22. The van der Waals surface area contributed by atoms with Gasteiger partial charge < -0.3 is 11.1 Å². The van der Waals surface area contributed by atoms with E-state index in [1.807, 2.05) is 10.9 Å². The van der Waals surface area contributed by atoms with Crippen molar-refractivity contribution in [3.63, 3.8) is 0 Å². The molecule has 1 aliphatic rings. The first kappa shape index (κ1) is 14.1. The Morgan fingerprint density at radius 1 is 1.42 bits per heavy atom. The minimum atomic E-state index is -0.0791. The van der Waals surface area contributed by atoms with Crippen LogP contribution in [-0.2, 0) is 10.3 Å². The number of nitrogens with one attached hydrogen (secondary N) is 1. The summed E-state index contributed by atoms with van der Waals surface area (Å²) < 4.78 is 1.85. The van der Waals surface area contributed by atoms with Crippen LogP contribution in [0, 0.1) is 5.92 Å². The molecule has 0 unspecified atom stereocenters. The van der Waals surface area contributed by atoms with Crippen molar-refractivity contribution in [1.82, 2.24) is 9.78 Å². The monoisotopic (exact) mass is 264 g/mol. The van der Waals surface area contributed by atoms with Gasteiger partial charge in [0.05, 0.1) is 23.3 Å². The fourth-order valence-electron chi connectivity index (χ4n) is 2.47. The second-order valence-corrected chi connectivity index (χ2v) is 6.39. The Morgan fingerprint density at radius 3 is 2.68 bits per heavy atom. The van der Waals surface area contributed by atoms with E-state index in [2.05, 4.69) is 31.2 Å². The lowest BCUT2D eigenvalue weighted by Crippen LogP contribution is -2.40. The van der Waals surface area contributed by atoms with Crippen LogP contribution in [0.2, 0.25) is 0 Å². The first-order valence-corrected chi connectivity index (χ1v) is 6.99. The van der Waals surface area contributed by atoms with E-state index < -0.39 is 0 Å². The van der Waals surface area contributed by atoms with Crippen molar-refractivity contribution in [2.45, 2.75) is 58.0 Å². The number of rotatable bonds is 2. The Bertz CT molecular complexity index is 447. The van der Waals surface area contributed by atoms with Crippen molar-refractivity contribution in [2.24, 2.45) is 11.7 Å². The van der Waals surface area contributed by atoms with Crippen LogP contribution in [0.3, 0.4) is 0 Å². The van der Waals surface area contributed by atoms with Gasteiger partial charge in [0.15, 0.2) is 0 Å². The van der Waals surface area contributed by atoms with Gasteiger partial charge in [0, 0.05) is 12.2 Å². The molecule has 2 atom stereocenters. The topological polar surface area (TPSA) is 72.9 Å². The number of hydrogen-bond acceptors (Lipinski definition) is 3. The number of hydrogen-bond donors (Lipinski definition) is 2. The van der Waals surface area contributed by atoms with Crippen LogP contribution in [0.25, 0.3) is 0 Å². The Kier molecular flexibility index (Phi) is 3.94. The first-order valence-electron chi connectivity index (χ1n) is 6.99. The summed E-state index contributed by atoms with van der Waals surface area (Å²) in [5.41, 5.74) is 6.70. The van der Waals surface area contributed by atoms with Gasteiger partial charge in [0.1, 0.15) is 0 Å². The third-order valence-corrected chi connectivity index (χ3v) is 3.69. The maximum Gasteiger partial charge on any atom is 0.229 e. The van der Waals surface area contributed by atoms with Crippen molar-refractivity contribution in [2.75, 3.05) is 5.32 Å². The van der Waals surface area contributed by atoms with Crippen molar-refractivity contribution in [3.8, 4) is 0 Å². The van der Waals surface area contributed by atoms with Crippen LogP contribution in [0.4, 0.5) is 5.69 Å². The molecular formula is C14H24N4O. The van der Waals surface area contributed by atoms with E-state index in [-0.39, 0.29) is 23.4 Å². The fraction of sp³-hybridized carbons (Fsp3) is 0.714. The van der Waals surface area contributed by atoms with Crippen LogP contribution in [-0.4, -0.2) is 21.7 Å². The maximum absolute atomic E-state index is 12.2. The first-order chi connectivity index (χ1) is 8.88. The molecule has 19 heavy (non-hydrogen) atoms. The van der Waals surface area contributed by atoms with Gasteiger partial charge >= 0.3 is 0 Å². The van der Waals surface area contributed by atoms with Crippen molar-refractivity contribution >= 4 is 11.6 Å². The van der Waals surface area contributed by atoms with Crippen molar-refractivity contribution in [1.29, 1.82) is 0 Å². The predicted molar refractivity (Wildman–Crippen MR) is 75.8 cm³/mol. The van der Waals surface area contributed by atoms with E-state index in [4.69, 9.17) is 5.73 Å². The second kappa shape index (κ2) is 5.33. The number of nitrogens with zero attached hydrogens (tertiary/aromatic N) is 2. The highest BCUT2D eigenvalue weighted by Gasteiger charge is 2.28. The molecule has 0 spiro atoms. The van der Waals surface area contributed by atoms with Gasteiger partial charge in [-0.25, -0.2) is 0 Å². The van der Waals surface area contributed by atoms with Crippen LogP contribution in [0.5, 0.6) is 0 Å². The number of anilines is 1. The second-order valence-electron chi connectivity index (χ2n) is 6.39. The molecule has 1 amide bonds. The third-order valence-electron chi connectivity index (χ3n) is 3.69. The molecule has 1 aromatic rings. The SMILES string of the molecule is CC(C)(C)n1cc(NC(=O)[C@H]2CCCC[C@H]2N)cn1.